The first-order valence-electron chi connectivity index (χ1n) is 7.89. The van der Waals surface area contributed by atoms with E-state index in [4.69, 9.17) is 0 Å². The fourth-order valence-electron chi connectivity index (χ4n) is 1.63. The van der Waals surface area contributed by atoms with Gasteiger partial charge in [0.2, 0.25) is 0 Å². The molecule has 0 atom stereocenters. The average Bonchev–Trinajstić information content (AvgIpc) is 2.63. The largest absolute Gasteiger partial charge is 0.465 e. The number of alkyl halides is 8. The van der Waals surface area contributed by atoms with Gasteiger partial charge in [-0.2, -0.15) is 35.1 Å². The molecule has 0 aliphatic carbocycles. The zero-order chi connectivity index (χ0) is 24.0. The van der Waals surface area contributed by atoms with Crippen LogP contribution in [0.1, 0.15) is 13.8 Å². The van der Waals surface area contributed by atoms with Crippen LogP contribution in [0.4, 0.5) is 35.1 Å². The Labute approximate surface area is 163 Å². The third kappa shape index (κ3) is 5.47. The monoisotopic (exact) mass is 460 g/mol. The van der Waals surface area contributed by atoms with Crippen LogP contribution in [-0.4, -0.2) is 73.7 Å². The van der Waals surface area contributed by atoms with Crippen molar-refractivity contribution in [2.45, 2.75) is 37.5 Å². The summed E-state index contributed by atoms with van der Waals surface area (Å²) in [5, 5.41) is 1.67. The second-order valence-electron chi connectivity index (χ2n) is 5.27. The summed E-state index contributed by atoms with van der Waals surface area (Å²) < 4.78 is 117. The first-order chi connectivity index (χ1) is 13.5. The number of esters is 2. The van der Waals surface area contributed by atoms with Gasteiger partial charge in [0.05, 0.1) is 13.2 Å². The highest BCUT2D eigenvalue weighted by molar-refractivity contribution is 5.90. The third-order valence-corrected chi connectivity index (χ3v) is 3.15. The molecule has 0 saturated carbocycles. The number of nitrogens with one attached hydrogen (secondary N) is 2. The normalized spacial score (nSPS) is 12.7. The Kier molecular flexibility index (Phi) is 9.00. The van der Waals surface area contributed by atoms with Crippen molar-refractivity contribution < 1.29 is 63.8 Å². The van der Waals surface area contributed by atoms with Crippen molar-refractivity contribution in [3.63, 3.8) is 0 Å². The van der Waals surface area contributed by atoms with Crippen LogP contribution in [0.25, 0.3) is 0 Å². The van der Waals surface area contributed by atoms with E-state index in [1.807, 2.05) is 0 Å². The van der Waals surface area contributed by atoms with Crippen LogP contribution in [0.15, 0.2) is 0 Å². The van der Waals surface area contributed by atoms with Crippen molar-refractivity contribution in [1.82, 2.24) is 10.6 Å². The van der Waals surface area contributed by atoms with Crippen molar-refractivity contribution in [1.29, 1.82) is 0 Å². The molecule has 0 radical (unpaired) electrons. The van der Waals surface area contributed by atoms with Gasteiger partial charge in [-0.3, -0.25) is 19.2 Å². The Morgan fingerprint density at radius 3 is 1.13 bits per heavy atom. The lowest BCUT2D eigenvalue weighted by molar-refractivity contribution is -0.347. The molecule has 0 spiro atoms. The molecule has 0 aromatic rings. The minimum atomic E-state index is -7.11. The van der Waals surface area contributed by atoms with Gasteiger partial charge in [-0.05, 0) is 13.8 Å². The first-order valence-corrected chi connectivity index (χ1v) is 7.89. The number of amides is 2. The van der Waals surface area contributed by atoms with Crippen molar-refractivity contribution in [2.24, 2.45) is 0 Å². The molecular formula is C14H16F8N2O6. The van der Waals surface area contributed by atoms with Crippen molar-refractivity contribution in [2.75, 3.05) is 26.3 Å². The molecule has 0 aromatic heterocycles. The predicted octanol–water partition coefficient (Wildman–Crippen LogP) is 0.886. The Balaban J connectivity index is 5.57. The fourth-order valence-corrected chi connectivity index (χ4v) is 1.63. The number of rotatable bonds is 11. The minimum Gasteiger partial charge on any atom is -0.465 e. The molecule has 2 N–H and O–H groups in total. The Hall–Kier alpha value is -2.68. The molecule has 8 nitrogen and oxygen atoms in total. The van der Waals surface area contributed by atoms with Gasteiger partial charge in [0.25, 0.3) is 11.8 Å². The number of carbonyl (C=O) groups is 4. The second kappa shape index (κ2) is 9.88. The van der Waals surface area contributed by atoms with Crippen LogP contribution in [-0.2, 0) is 28.7 Å². The molecule has 16 heteroatoms. The van der Waals surface area contributed by atoms with Gasteiger partial charge in [0.1, 0.15) is 13.1 Å². The van der Waals surface area contributed by atoms with Gasteiger partial charge >= 0.3 is 35.6 Å². The zero-order valence-corrected chi connectivity index (χ0v) is 15.3. The molecule has 0 fully saturated rings. The Bertz CT molecular complexity index is 615. The van der Waals surface area contributed by atoms with Gasteiger partial charge in [0.15, 0.2) is 0 Å². The summed E-state index contributed by atoms with van der Waals surface area (Å²) in [5.74, 6) is -36.4. The SMILES string of the molecule is CCOC(=O)CNC(=O)C(F)(F)C(F)(F)C(F)(F)C(F)(F)C(=O)NCC(=O)OCC. The van der Waals surface area contributed by atoms with Gasteiger partial charge in [-0.15, -0.1) is 0 Å². The summed E-state index contributed by atoms with van der Waals surface area (Å²) in [6, 6.07) is 0. The lowest BCUT2D eigenvalue weighted by Crippen LogP contribution is -2.69. The number of hydrogen-bond acceptors (Lipinski definition) is 6. The van der Waals surface area contributed by atoms with E-state index in [9.17, 15) is 54.3 Å². The lowest BCUT2D eigenvalue weighted by atomic mass is 9.97. The summed E-state index contributed by atoms with van der Waals surface area (Å²) in [6.45, 7) is -1.05. The molecule has 0 bridgehead atoms. The molecule has 0 saturated heterocycles. The van der Waals surface area contributed by atoms with E-state index in [0.717, 1.165) is 10.6 Å². The molecule has 0 aliphatic heterocycles. The van der Waals surface area contributed by atoms with Crippen molar-refractivity contribution in [3.05, 3.63) is 0 Å². The molecule has 0 rings (SSSR count). The summed E-state index contributed by atoms with van der Waals surface area (Å²) in [6.07, 6.45) is 0. The number of hydrogen-bond donors (Lipinski definition) is 2. The summed E-state index contributed by atoms with van der Waals surface area (Å²) in [7, 11) is 0. The standard InChI is InChI=1S/C14H16F8N2O6/c1-3-29-7(25)5-23-9(27)11(15,16)13(19,20)14(21,22)12(17,18)10(28)24-6-8(26)30-4-2/h3-6H2,1-2H3,(H,23,27)(H,24,28). The zero-order valence-electron chi connectivity index (χ0n) is 15.3. The van der Waals surface area contributed by atoms with Crippen molar-refractivity contribution >= 4 is 23.8 Å². The van der Waals surface area contributed by atoms with Crippen LogP contribution in [0, 0.1) is 0 Å². The summed E-state index contributed by atoms with van der Waals surface area (Å²) in [5.41, 5.74) is 0. The molecule has 0 aliphatic rings. The van der Waals surface area contributed by atoms with Gasteiger partial charge < -0.3 is 20.1 Å². The van der Waals surface area contributed by atoms with Crippen LogP contribution < -0.4 is 10.6 Å². The van der Waals surface area contributed by atoms with Crippen LogP contribution >= 0.6 is 0 Å². The Morgan fingerprint density at radius 1 is 0.633 bits per heavy atom. The van der Waals surface area contributed by atoms with E-state index >= 15 is 0 Å². The Morgan fingerprint density at radius 2 is 0.900 bits per heavy atom. The lowest BCUT2D eigenvalue weighted by Gasteiger charge is -2.35. The molecule has 2 amide bonds. The molecule has 0 unspecified atom stereocenters. The number of ether oxygens (including phenoxy) is 2. The van der Waals surface area contributed by atoms with Crippen LogP contribution in [0.2, 0.25) is 0 Å². The molecule has 0 heterocycles. The quantitative estimate of drug-likeness (QED) is 0.350. The maximum atomic E-state index is 13.6. The van der Waals surface area contributed by atoms with E-state index in [-0.39, 0.29) is 13.2 Å². The first kappa shape index (κ1) is 27.3. The number of halogens is 8. The molecule has 0 aromatic carbocycles. The van der Waals surface area contributed by atoms with E-state index in [0.29, 0.717) is 0 Å². The van der Waals surface area contributed by atoms with Crippen LogP contribution in [0.3, 0.4) is 0 Å². The highest BCUT2D eigenvalue weighted by Gasteiger charge is 2.84. The van der Waals surface area contributed by atoms with Gasteiger partial charge in [-0.25, -0.2) is 0 Å². The average molecular weight is 460 g/mol. The van der Waals surface area contributed by atoms with E-state index < -0.39 is 60.5 Å². The van der Waals surface area contributed by atoms with Crippen molar-refractivity contribution in [3.8, 4) is 0 Å². The van der Waals surface area contributed by atoms with Gasteiger partial charge in [0, 0.05) is 0 Å². The predicted molar refractivity (Wildman–Crippen MR) is 79.1 cm³/mol. The maximum absolute atomic E-state index is 13.6. The van der Waals surface area contributed by atoms with E-state index in [2.05, 4.69) is 9.47 Å². The fraction of sp³-hybridized carbons (Fsp3) is 0.714. The van der Waals surface area contributed by atoms with Crippen LogP contribution in [0.5, 0.6) is 0 Å². The highest BCUT2D eigenvalue weighted by atomic mass is 19.4. The molecular weight excluding hydrogens is 444 g/mol. The minimum absolute atomic E-state index is 0.313. The molecule has 174 valence electrons. The van der Waals surface area contributed by atoms with Gasteiger partial charge in [-0.1, -0.05) is 0 Å². The number of carbonyl (C=O) groups excluding carboxylic acids is 4. The smallest absolute Gasteiger partial charge is 0.392 e. The second-order valence-corrected chi connectivity index (χ2v) is 5.27. The topological polar surface area (TPSA) is 111 Å². The highest BCUT2D eigenvalue weighted by Crippen LogP contribution is 2.52. The summed E-state index contributed by atoms with van der Waals surface area (Å²) in [4.78, 5) is 44.2. The summed E-state index contributed by atoms with van der Waals surface area (Å²) >= 11 is 0. The molecule has 30 heavy (non-hydrogen) atoms. The van der Waals surface area contributed by atoms with E-state index in [1.54, 1.807) is 0 Å². The van der Waals surface area contributed by atoms with E-state index in [1.165, 1.54) is 13.8 Å². The third-order valence-electron chi connectivity index (χ3n) is 3.15. The maximum Gasteiger partial charge on any atom is 0.392 e.